The summed E-state index contributed by atoms with van der Waals surface area (Å²) in [7, 11) is 1.37. The van der Waals surface area contributed by atoms with Crippen molar-refractivity contribution < 1.29 is 24.2 Å². The number of rotatable bonds is 5. The molecule has 0 heterocycles. The first-order valence-corrected chi connectivity index (χ1v) is 7.54. The Balaban J connectivity index is 2.12. The lowest BCUT2D eigenvalue weighted by Gasteiger charge is -2.17. The molecule has 0 aliphatic rings. The largest absolute Gasteiger partial charge is 0.508 e. The molecular weight excluding hydrogens is 324 g/mol. The molecule has 0 aromatic heterocycles. The van der Waals surface area contributed by atoms with Crippen molar-refractivity contribution in [1.82, 2.24) is 10.6 Å². The Labute approximate surface area is 144 Å². The molecular formula is C18H18N2O5. The van der Waals surface area contributed by atoms with E-state index in [0.717, 1.165) is 0 Å². The van der Waals surface area contributed by atoms with Gasteiger partial charge >= 0.3 is 12.0 Å². The first kappa shape index (κ1) is 18.0. The minimum absolute atomic E-state index is 0.0726. The molecule has 7 nitrogen and oxygen atoms in total. The van der Waals surface area contributed by atoms with Crippen LogP contribution in [0.2, 0.25) is 0 Å². The summed E-state index contributed by atoms with van der Waals surface area (Å²) in [5, 5.41) is 13.6. The van der Waals surface area contributed by atoms with Crippen molar-refractivity contribution in [2.45, 2.75) is 12.5 Å². The number of urea groups is 1. The van der Waals surface area contributed by atoms with E-state index in [9.17, 15) is 19.5 Å². The van der Waals surface area contributed by atoms with Crippen molar-refractivity contribution in [1.29, 1.82) is 0 Å². The number of esters is 1. The van der Waals surface area contributed by atoms with Crippen LogP contribution in [0.5, 0.6) is 5.75 Å². The van der Waals surface area contributed by atoms with Gasteiger partial charge in [0.05, 0.1) is 6.42 Å². The average molecular weight is 342 g/mol. The van der Waals surface area contributed by atoms with Gasteiger partial charge in [-0.15, -0.1) is 0 Å². The highest BCUT2D eigenvalue weighted by molar-refractivity contribution is 5.97. The summed E-state index contributed by atoms with van der Waals surface area (Å²) in [4.78, 5) is 35.8. The van der Waals surface area contributed by atoms with Gasteiger partial charge in [-0.1, -0.05) is 42.5 Å². The predicted molar refractivity (Wildman–Crippen MR) is 89.7 cm³/mol. The van der Waals surface area contributed by atoms with E-state index in [0.29, 0.717) is 11.1 Å². The molecule has 2 rings (SSSR count). The number of aromatic hydroxyl groups is 1. The number of phenols is 1. The molecule has 0 radical (unpaired) electrons. The average Bonchev–Trinajstić information content (AvgIpc) is 2.62. The second-order valence-electron chi connectivity index (χ2n) is 5.19. The van der Waals surface area contributed by atoms with Gasteiger partial charge in [-0.25, -0.2) is 4.79 Å². The summed E-state index contributed by atoms with van der Waals surface area (Å²) in [5.41, 5.74) is 1.07. The summed E-state index contributed by atoms with van der Waals surface area (Å²) in [6.07, 6.45) is -1.32. The van der Waals surface area contributed by atoms with E-state index in [4.69, 9.17) is 4.74 Å². The molecule has 0 spiro atoms. The quantitative estimate of drug-likeness (QED) is 0.717. The monoisotopic (exact) mass is 342 g/mol. The maximum Gasteiger partial charge on any atom is 0.321 e. The van der Waals surface area contributed by atoms with Crippen LogP contribution < -0.4 is 10.6 Å². The van der Waals surface area contributed by atoms with E-state index >= 15 is 0 Å². The van der Waals surface area contributed by atoms with Gasteiger partial charge in [0.2, 0.25) is 6.10 Å². The van der Waals surface area contributed by atoms with Crippen molar-refractivity contribution >= 4 is 17.9 Å². The number of carbonyl (C=O) groups is 3. The third-order valence-electron chi connectivity index (χ3n) is 3.34. The topological polar surface area (TPSA) is 105 Å². The molecule has 0 aliphatic carbocycles. The smallest absolute Gasteiger partial charge is 0.321 e. The first-order chi connectivity index (χ1) is 12.0. The number of benzene rings is 2. The van der Waals surface area contributed by atoms with Crippen LogP contribution in [-0.2, 0) is 20.7 Å². The van der Waals surface area contributed by atoms with Crippen molar-refractivity contribution in [3.05, 3.63) is 65.7 Å². The van der Waals surface area contributed by atoms with Gasteiger partial charge in [-0.05, 0) is 17.7 Å². The third-order valence-corrected chi connectivity index (χ3v) is 3.34. The molecule has 2 aromatic rings. The van der Waals surface area contributed by atoms with Crippen LogP contribution in [-0.4, -0.2) is 30.1 Å². The van der Waals surface area contributed by atoms with E-state index in [1.54, 1.807) is 42.5 Å². The molecule has 3 amide bonds. The summed E-state index contributed by atoms with van der Waals surface area (Å²) in [6, 6.07) is 13.8. The highest BCUT2D eigenvalue weighted by Crippen LogP contribution is 2.19. The second-order valence-corrected chi connectivity index (χ2v) is 5.19. The maximum absolute atomic E-state index is 12.3. The molecule has 0 bridgehead atoms. The fraction of sp³-hybridized carbons (Fsp3) is 0.167. The highest BCUT2D eigenvalue weighted by atomic mass is 16.5. The number of amides is 3. The molecule has 0 saturated carbocycles. The van der Waals surface area contributed by atoms with Gasteiger partial charge in [0.25, 0.3) is 5.91 Å². The van der Waals surface area contributed by atoms with Crippen LogP contribution in [0.25, 0.3) is 0 Å². The Morgan fingerprint density at radius 1 is 1.04 bits per heavy atom. The summed E-state index contributed by atoms with van der Waals surface area (Å²) >= 11 is 0. The molecule has 0 saturated heterocycles. The number of phenolic OH excluding ortho intramolecular Hbond substituents is 1. The van der Waals surface area contributed by atoms with Gasteiger partial charge < -0.3 is 15.2 Å². The zero-order chi connectivity index (χ0) is 18.2. The van der Waals surface area contributed by atoms with Crippen LogP contribution >= 0.6 is 0 Å². The number of hydrogen-bond acceptors (Lipinski definition) is 5. The Hall–Kier alpha value is -3.35. The highest BCUT2D eigenvalue weighted by Gasteiger charge is 2.26. The Kier molecular flexibility index (Phi) is 6.11. The van der Waals surface area contributed by atoms with Crippen molar-refractivity contribution in [3.63, 3.8) is 0 Å². The van der Waals surface area contributed by atoms with E-state index < -0.39 is 24.0 Å². The lowest BCUT2D eigenvalue weighted by Crippen LogP contribution is -2.41. The van der Waals surface area contributed by atoms with Crippen molar-refractivity contribution in [2.24, 2.45) is 0 Å². The SMILES string of the molecule is CNC(=O)NC(=O)[C@H](OC(=O)Cc1ccc(O)cc1)c1ccccc1. The maximum atomic E-state index is 12.3. The molecule has 7 heteroatoms. The van der Waals surface area contributed by atoms with Crippen molar-refractivity contribution in [3.8, 4) is 5.75 Å². The van der Waals surface area contributed by atoms with Crippen molar-refractivity contribution in [2.75, 3.05) is 7.05 Å². The molecule has 25 heavy (non-hydrogen) atoms. The number of imide groups is 1. The molecule has 1 atom stereocenters. The normalized spacial score (nSPS) is 11.2. The zero-order valence-electron chi connectivity index (χ0n) is 13.6. The van der Waals surface area contributed by atoms with Crippen LogP contribution in [0.1, 0.15) is 17.2 Å². The molecule has 3 N–H and O–H groups in total. The second kappa shape index (κ2) is 8.49. The van der Waals surface area contributed by atoms with Gasteiger partial charge in [-0.2, -0.15) is 0 Å². The minimum atomic E-state index is -1.25. The fourth-order valence-corrected chi connectivity index (χ4v) is 2.09. The number of carbonyl (C=O) groups excluding carboxylic acids is 3. The van der Waals surface area contributed by atoms with Gasteiger partial charge in [0.15, 0.2) is 0 Å². The number of hydrogen-bond donors (Lipinski definition) is 3. The van der Waals surface area contributed by atoms with E-state index in [1.165, 1.54) is 19.2 Å². The van der Waals surface area contributed by atoms with Gasteiger partial charge in [-0.3, -0.25) is 14.9 Å². The van der Waals surface area contributed by atoms with Gasteiger partial charge in [0.1, 0.15) is 5.75 Å². The standard InChI is InChI=1S/C18H18N2O5/c1-19-18(24)20-17(23)16(13-5-3-2-4-6-13)25-15(22)11-12-7-9-14(21)10-8-12/h2-10,16,21H,11H2,1H3,(H2,19,20,23,24)/t16-/m1/s1. The Bertz CT molecular complexity index is 744. The van der Waals surface area contributed by atoms with Crippen LogP contribution in [0, 0.1) is 0 Å². The molecule has 130 valence electrons. The third kappa shape index (κ3) is 5.35. The summed E-state index contributed by atoms with van der Waals surface area (Å²) < 4.78 is 5.28. The van der Waals surface area contributed by atoms with E-state index in [1.807, 2.05) is 0 Å². The molecule has 0 aliphatic heterocycles. The van der Waals surface area contributed by atoms with Crippen LogP contribution in [0.4, 0.5) is 4.79 Å². The lowest BCUT2D eigenvalue weighted by molar-refractivity contribution is -0.155. The fourth-order valence-electron chi connectivity index (χ4n) is 2.09. The predicted octanol–water partition coefficient (Wildman–Crippen LogP) is 1.67. The molecule has 2 aromatic carbocycles. The van der Waals surface area contributed by atoms with Crippen LogP contribution in [0.15, 0.2) is 54.6 Å². The van der Waals surface area contributed by atoms with E-state index in [2.05, 4.69) is 10.6 Å². The number of ether oxygens (including phenoxy) is 1. The first-order valence-electron chi connectivity index (χ1n) is 7.54. The van der Waals surface area contributed by atoms with E-state index in [-0.39, 0.29) is 12.2 Å². The zero-order valence-corrected chi connectivity index (χ0v) is 13.6. The summed E-state index contributed by atoms with van der Waals surface area (Å²) in [5.74, 6) is -1.29. The van der Waals surface area contributed by atoms with Crippen LogP contribution in [0.3, 0.4) is 0 Å². The lowest BCUT2D eigenvalue weighted by atomic mass is 10.1. The Morgan fingerprint density at radius 2 is 1.68 bits per heavy atom. The Morgan fingerprint density at radius 3 is 2.28 bits per heavy atom. The molecule has 0 unspecified atom stereocenters. The van der Waals surface area contributed by atoms with Gasteiger partial charge in [0, 0.05) is 12.6 Å². The number of nitrogens with one attached hydrogen (secondary N) is 2. The summed E-state index contributed by atoms with van der Waals surface area (Å²) in [6.45, 7) is 0. The molecule has 0 fully saturated rings. The minimum Gasteiger partial charge on any atom is -0.508 e.